The summed E-state index contributed by atoms with van der Waals surface area (Å²) in [6.45, 7) is 2.18. The van der Waals surface area contributed by atoms with Crippen LogP contribution >= 0.6 is 0 Å². The monoisotopic (exact) mass is 276 g/mol. The van der Waals surface area contributed by atoms with E-state index < -0.39 is 0 Å². The summed E-state index contributed by atoms with van der Waals surface area (Å²) in [4.78, 5) is 0. The Labute approximate surface area is 129 Å². The quantitative estimate of drug-likeness (QED) is 0.494. The third-order valence-electron chi connectivity index (χ3n) is 3.42. The molecular weight excluding hydrogens is 252 g/mol. The molecule has 0 radical (unpaired) electrons. The summed E-state index contributed by atoms with van der Waals surface area (Å²) < 4.78 is 0. The Morgan fingerprint density at radius 3 is 1.62 bits per heavy atom. The lowest BCUT2D eigenvalue weighted by Gasteiger charge is -2.13. The van der Waals surface area contributed by atoms with Crippen LogP contribution in [0.1, 0.15) is 20.4 Å². The normalized spacial score (nSPS) is 9.38. The summed E-state index contributed by atoms with van der Waals surface area (Å²) in [6, 6.07) is 27.7. The highest BCUT2D eigenvalue weighted by Gasteiger charge is 2.09. The maximum absolute atomic E-state index is 2.20. The molecule has 0 atom stereocenters. The molecule has 0 bridgehead atoms. The van der Waals surface area contributed by atoms with Crippen molar-refractivity contribution in [1.82, 2.24) is 0 Å². The Morgan fingerprint density at radius 1 is 0.524 bits per heavy atom. The molecule has 0 unspecified atom stereocenters. The number of hydrogen-bond donors (Lipinski definition) is 0. The SMILES string of the molecule is C.C.Cc1cccc(-c2ccccc2)c1-c1ccccc1. The van der Waals surface area contributed by atoms with E-state index in [0.717, 1.165) is 0 Å². The van der Waals surface area contributed by atoms with Crippen molar-refractivity contribution in [3.63, 3.8) is 0 Å². The van der Waals surface area contributed by atoms with Crippen molar-refractivity contribution in [3.8, 4) is 22.3 Å². The van der Waals surface area contributed by atoms with Crippen LogP contribution in [0.5, 0.6) is 0 Å². The first-order valence-electron chi connectivity index (χ1n) is 6.57. The molecule has 21 heavy (non-hydrogen) atoms. The van der Waals surface area contributed by atoms with Gasteiger partial charge >= 0.3 is 0 Å². The van der Waals surface area contributed by atoms with Gasteiger partial charge in [-0.25, -0.2) is 0 Å². The van der Waals surface area contributed by atoms with Crippen LogP contribution in [0.4, 0.5) is 0 Å². The predicted molar refractivity (Wildman–Crippen MR) is 95.5 cm³/mol. The maximum atomic E-state index is 2.20. The Kier molecular flexibility index (Phi) is 5.92. The largest absolute Gasteiger partial charge is 0.0776 e. The third kappa shape index (κ3) is 3.41. The molecule has 0 heteroatoms. The van der Waals surface area contributed by atoms with Gasteiger partial charge < -0.3 is 0 Å². The molecule has 0 amide bonds. The summed E-state index contributed by atoms with van der Waals surface area (Å²) in [5, 5.41) is 0. The van der Waals surface area contributed by atoms with Crippen LogP contribution in [-0.2, 0) is 0 Å². The fraction of sp³-hybridized carbons (Fsp3) is 0.143. The van der Waals surface area contributed by atoms with Gasteiger partial charge in [0.15, 0.2) is 0 Å². The van der Waals surface area contributed by atoms with Gasteiger partial charge in [0, 0.05) is 0 Å². The fourth-order valence-corrected chi connectivity index (χ4v) is 2.51. The number of benzene rings is 3. The summed E-state index contributed by atoms with van der Waals surface area (Å²) >= 11 is 0. The molecule has 3 rings (SSSR count). The second-order valence-electron chi connectivity index (χ2n) is 4.73. The van der Waals surface area contributed by atoms with E-state index >= 15 is 0 Å². The highest BCUT2D eigenvalue weighted by atomic mass is 14.1. The second-order valence-corrected chi connectivity index (χ2v) is 4.73. The molecule has 0 nitrogen and oxygen atoms in total. The molecule has 0 aliphatic carbocycles. The molecule has 0 aliphatic rings. The first-order chi connectivity index (χ1) is 9.36. The Balaban J connectivity index is 0.00000110. The molecular formula is C21H24. The highest BCUT2D eigenvalue weighted by Crippen LogP contribution is 2.34. The Bertz CT molecular complexity index is 667. The molecule has 0 saturated carbocycles. The van der Waals surface area contributed by atoms with Gasteiger partial charge in [-0.05, 0) is 34.7 Å². The van der Waals surface area contributed by atoms with E-state index in [1.54, 1.807) is 0 Å². The minimum atomic E-state index is 0. The number of hydrogen-bond acceptors (Lipinski definition) is 0. The summed E-state index contributed by atoms with van der Waals surface area (Å²) in [5.74, 6) is 0. The van der Waals surface area contributed by atoms with E-state index in [1.165, 1.54) is 27.8 Å². The smallest absolute Gasteiger partial charge is 0.00761 e. The van der Waals surface area contributed by atoms with E-state index in [2.05, 4.69) is 85.8 Å². The van der Waals surface area contributed by atoms with E-state index in [4.69, 9.17) is 0 Å². The fourth-order valence-electron chi connectivity index (χ4n) is 2.51. The minimum absolute atomic E-state index is 0. The first-order valence-corrected chi connectivity index (χ1v) is 6.57. The lowest BCUT2D eigenvalue weighted by molar-refractivity contribution is 1.45. The van der Waals surface area contributed by atoms with Gasteiger partial charge in [0.25, 0.3) is 0 Å². The molecule has 0 aliphatic heterocycles. The third-order valence-corrected chi connectivity index (χ3v) is 3.42. The zero-order valence-electron chi connectivity index (χ0n) is 11.0. The average Bonchev–Trinajstić information content (AvgIpc) is 2.49. The van der Waals surface area contributed by atoms with E-state index in [1.807, 2.05) is 0 Å². The van der Waals surface area contributed by atoms with Gasteiger partial charge in [0.1, 0.15) is 0 Å². The molecule has 0 N–H and O–H groups in total. The summed E-state index contributed by atoms with van der Waals surface area (Å²) in [5.41, 5.74) is 6.48. The molecule has 0 fully saturated rings. The lowest BCUT2D eigenvalue weighted by atomic mass is 9.91. The topological polar surface area (TPSA) is 0 Å². The van der Waals surface area contributed by atoms with Crippen LogP contribution in [0.2, 0.25) is 0 Å². The van der Waals surface area contributed by atoms with Crippen LogP contribution in [-0.4, -0.2) is 0 Å². The Hall–Kier alpha value is -2.34. The summed E-state index contributed by atoms with van der Waals surface area (Å²) in [7, 11) is 0. The highest BCUT2D eigenvalue weighted by molar-refractivity contribution is 5.85. The molecule has 108 valence electrons. The van der Waals surface area contributed by atoms with Crippen molar-refractivity contribution < 1.29 is 0 Å². The second kappa shape index (κ2) is 7.44. The molecule has 0 heterocycles. The zero-order chi connectivity index (χ0) is 13.1. The van der Waals surface area contributed by atoms with Gasteiger partial charge in [-0.2, -0.15) is 0 Å². The van der Waals surface area contributed by atoms with E-state index in [-0.39, 0.29) is 14.9 Å². The van der Waals surface area contributed by atoms with Crippen molar-refractivity contribution in [2.75, 3.05) is 0 Å². The van der Waals surface area contributed by atoms with Gasteiger partial charge in [0.2, 0.25) is 0 Å². The van der Waals surface area contributed by atoms with E-state index in [0.29, 0.717) is 0 Å². The van der Waals surface area contributed by atoms with Crippen LogP contribution in [0.25, 0.3) is 22.3 Å². The van der Waals surface area contributed by atoms with Crippen LogP contribution in [0.3, 0.4) is 0 Å². The maximum Gasteiger partial charge on any atom is -0.00761 e. The van der Waals surface area contributed by atoms with Crippen LogP contribution in [0, 0.1) is 6.92 Å². The average molecular weight is 276 g/mol. The van der Waals surface area contributed by atoms with Gasteiger partial charge in [-0.3, -0.25) is 0 Å². The summed E-state index contributed by atoms with van der Waals surface area (Å²) in [6.07, 6.45) is 0. The molecule has 0 saturated heterocycles. The lowest BCUT2D eigenvalue weighted by Crippen LogP contribution is -1.88. The molecule has 0 aromatic heterocycles. The van der Waals surface area contributed by atoms with Gasteiger partial charge in [-0.15, -0.1) is 0 Å². The van der Waals surface area contributed by atoms with Crippen molar-refractivity contribution in [2.24, 2.45) is 0 Å². The predicted octanol–water partition coefficient (Wildman–Crippen LogP) is 6.60. The first kappa shape index (κ1) is 16.7. The molecule has 3 aromatic carbocycles. The minimum Gasteiger partial charge on any atom is -0.0776 e. The standard InChI is InChI=1S/C19H16.2CH4/c1-15-9-8-14-18(16-10-4-2-5-11-16)19(15)17-12-6-3-7-13-17;;/h2-14H,1H3;2*1H4. The Morgan fingerprint density at radius 2 is 1.05 bits per heavy atom. The van der Waals surface area contributed by atoms with Crippen molar-refractivity contribution in [3.05, 3.63) is 84.4 Å². The van der Waals surface area contributed by atoms with Crippen LogP contribution in [0.15, 0.2) is 78.9 Å². The van der Waals surface area contributed by atoms with Crippen molar-refractivity contribution in [1.29, 1.82) is 0 Å². The molecule has 3 aromatic rings. The van der Waals surface area contributed by atoms with E-state index in [9.17, 15) is 0 Å². The number of rotatable bonds is 2. The van der Waals surface area contributed by atoms with Crippen molar-refractivity contribution in [2.45, 2.75) is 21.8 Å². The zero-order valence-corrected chi connectivity index (χ0v) is 11.0. The van der Waals surface area contributed by atoms with Crippen LogP contribution < -0.4 is 0 Å². The number of aryl methyl sites for hydroxylation is 1. The van der Waals surface area contributed by atoms with Crippen molar-refractivity contribution >= 4 is 0 Å². The van der Waals surface area contributed by atoms with Gasteiger partial charge in [-0.1, -0.05) is 93.7 Å². The molecule has 0 spiro atoms. The van der Waals surface area contributed by atoms with Gasteiger partial charge in [0.05, 0.1) is 0 Å².